The number of quaternary nitrogens is 1. The average molecular weight is 343 g/mol. The van der Waals surface area contributed by atoms with Gasteiger partial charge in [0, 0.05) is 4.88 Å². The summed E-state index contributed by atoms with van der Waals surface area (Å²) in [5, 5.41) is 5.46. The number of carbonyl (C=O) groups excluding carboxylic acids is 1. The van der Waals surface area contributed by atoms with Gasteiger partial charge < -0.3 is 15.2 Å². The van der Waals surface area contributed by atoms with E-state index in [2.05, 4.69) is 15.3 Å². The fraction of sp³-hybridized carbons (Fsp3) is 0.235. The van der Waals surface area contributed by atoms with Crippen molar-refractivity contribution in [1.82, 2.24) is 15.3 Å². The zero-order valence-corrected chi connectivity index (χ0v) is 14.2. The highest BCUT2D eigenvalue weighted by Crippen LogP contribution is 2.07. The van der Waals surface area contributed by atoms with Crippen molar-refractivity contribution in [2.45, 2.75) is 13.1 Å². The molecule has 0 radical (unpaired) electrons. The predicted molar refractivity (Wildman–Crippen MR) is 94.0 cm³/mol. The molecule has 0 saturated carbocycles. The van der Waals surface area contributed by atoms with E-state index in [0.717, 1.165) is 9.78 Å². The van der Waals surface area contributed by atoms with E-state index in [1.807, 2.05) is 42.8 Å². The summed E-state index contributed by atoms with van der Waals surface area (Å²) >= 11 is 1.62. The van der Waals surface area contributed by atoms with Crippen molar-refractivity contribution in [1.29, 1.82) is 0 Å². The van der Waals surface area contributed by atoms with E-state index in [0.29, 0.717) is 36.4 Å². The Morgan fingerprint density at radius 2 is 2.12 bits per heavy atom. The van der Waals surface area contributed by atoms with E-state index in [4.69, 9.17) is 0 Å². The first-order valence-electron chi connectivity index (χ1n) is 7.70. The molecule has 6 nitrogen and oxygen atoms in total. The zero-order valence-electron chi connectivity index (χ0n) is 13.3. The second-order valence-electron chi connectivity index (χ2n) is 5.70. The maximum absolute atomic E-state index is 12.1. The number of aromatic amines is 1. The van der Waals surface area contributed by atoms with Gasteiger partial charge in [0.2, 0.25) is 0 Å². The SMILES string of the molecule is C[NH+](CC(=O)NCc1cccs1)Cc1nc2ccccc2c(=O)[nH]1. The summed E-state index contributed by atoms with van der Waals surface area (Å²) in [4.78, 5) is 33.4. The number of H-pyrrole nitrogens is 1. The number of fused-ring (bicyclic) bond motifs is 1. The van der Waals surface area contributed by atoms with E-state index in [-0.39, 0.29) is 11.5 Å². The maximum Gasteiger partial charge on any atom is 0.275 e. The first-order valence-corrected chi connectivity index (χ1v) is 8.58. The van der Waals surface area contributed by atoms with E-state index < -0.39 is 0 Å². The number of likely N-dealkylation sites (N-methyl/N-ethyl adjacent to an activating group) is 1. The van der Waals surface area contributed by atoms with Crippen molar-refractivity contribution in [3.05, 3.63) is 62.8 Å². The zero-order chi connectivity index (χ0) is 16.9. The Morgan fingerprint density at radius 1 is 1.29 bits per heavy atom. The third-order valence-corrected chi connectivity index (χ3v) is 4.51. The predicted octanol–water partition coefficient (Wildman–Crippen LogP) is 0.316. The molecule has 124 valence electrons. The maximum atomic E-state index is 12.1. The first-order chi connectivity index (χ1) is 11.6. The van der Waals surface area contributed by atoms with Gasteiger partial charge in [-0.05, 0) is 23.6 Å². The van der Waals surface area contributed by atoms with Gasteiger partial charge in [-0.15, -0.1) is 11.3 Å². The average Bonchev–Trinajstić information content (AvgIpc) is 3.06. The molecule has 3 N–H and O–H groups in total. The van der Waals surface area contributed by atoms with Crippen LogP contribution < -0.4 is 15.8 Å². The van der Waals surface area contributed by atoms with E-state index >= 15 is 0 Å². The van der Waals surface area contributed by atoms with Gasteiger partial charge >= 0.3 is 0 Å². The van der Waals surface area contributed by atoms with Crippen molar-refractivity contribution in [2.75, 3.05) is 13.6 Å². The minimum atomic E-state index is -0.148. The molecular weight excluding hydrogens is 324 g/mol. The van der Waals surface area contributed by atoms with Gasteiger partial charge in [-0.2, -0.15) is 0 Å². The molecule has 0 fully saturated rings. The van der Waals surface area contributed by atoms with Crippen molar-refractivity contribution >= 4 is 28.1 Å². The summed E-state index contributed by atoms with van der Waals surface area (Å²) in [7, 11) is 1.90. The van der Waals surface area contributed by atoms with Gasteiger partial charge in [0.05, 0.1) is 24.5 Å². The molecule has 1 amide bonds. The number of hydrogen-bond donors (Lipinski definition) is 3. The molecule has 2 heterocycles. The first kappa shape index (κ1) is 16.4. The topological polar surface area (TPSA) is 79.3 Å². The van der Waals surface area contributed by atoms with Crippen LogP contribution in [-0.4, -0.2) is 29.5 Å². The third-order valence-electron chi connectivity index (χ3n) is 3.63. The fourth-order valence-electron chi connectivity index (χ4n) is 2.50. The summed E-state index contributed by atoms with van der Waals surface area (Å²) in [5.41, 5.74) is 0.525. The van der Waals surface area contributed by atoms with Gasteiger partial charge in [-0.3, -0.25) is 9.59 Å². The quantitative estimate of drug-likeness (QED) is 0.603. The van der Waals surface area contributed by atoms with Crippen LogP contribution in [0.3, 0.4) is 0 Å². The molecule has 7 heteroatoms. The lowest BCUT2D eigenvalue weighted by molar-refractivity contribution is -0.886. The van der Waals surface area contributed by atoms with Gasteiger partial charge in [0.25, 0.3) is 11.5 Å². The molecule has 3 aromatic rings. The number of nitrogens with one attached hydrogen (secondary N) is 3. The van der Waals surface area contributed by atoms with Gasteiger partial charge in [0.1, 0.15) is 6.54 Å². The largest absolute Gasteiger partial charge is 0.346 e. The van der Waals surface area contributed by atoms with Gasteiger partial charge in [-0.25, -0.2) is 4.98 Å². The number of nitrogens with zero attached hydrogens (tertiary/aromatic N) is 1. The Morgan fingerprint density at radius 3 is 2.92 bits per heavy atom. The number of benzene rings is 1. The van der Waals surface area contributed by atoms with Crippen LogP contribution in [0.25, 0.3) is 10.9 Å². The Labute approximate surface area is 143 Å². The Bertz CT molecular complexity index is 889. The van der Waals surface area contributed by atoms with Crippen molar-refractivity contribution < 1.29 is 9.69 Å². The highest BCUT2D eigenvalue weighted by Gasteiger charge is 2.13. The lowest BCUT2D eigenvalue weighted by Gasteiger charge is -2.13. The molecule has 1 unspecified atom stereocenters. The second kappa shape index (κ2) is 7.37. The van der Waals surface area contributed by atoms with Crippen LogP contribution in [0, 0.1) is 0 Å². The molecular formula is C17H19N4O2S+. The van der Waals surface area contributed by atoms with E-state index in [1.165, 1.54) is 0 Å². The van der Waals surface area contributed by atoms with Crippen molar-refractivity contribution in [3.8, 4) is 0 Å². The Hall–Kier alpha value is -2.51. The highest BCUT2D eigenvalue weighted by molar-refractivity contribution is 7.09. The van der Waals surface area contributed by atoms with Crippen molar-refractivity contribution in [3.63, 3.8) is 0 Å². The summed E-state index contributed by atoms with van der Waals surface area (Å²) in [5.74, 6) is 0.561. The van der Waals surface area contributed by atoms with E-state index in [9.17, 15) is 9.59 Å². The molecule has 24 heavy (non-hydrogen) atoms. The second-order valence-corrected chi connectivity index (χ2v) is 6.73. The standard InChI is InChI=1S/C17H18N4O2S/c1-21(11-16(22)18-9-12-5-4-8-24-12)10-15-19-14-7-3-2-6-13(14)17(23)20-15/h2-8H,9-11H2,1H3,(H,18,22)(H,19,20,23)/p+1. The summed E-state index contributed by atoms with van der Waals surface area (Å²) < 4.78 is 0. The monoisotopic (exact) mass is 343 g/mol. The Balaban J connectivity index is 1.59. The number of para-hydroxylation sites is 1. The summed E-state index contributed by atoms with van der Waals surface area (Å²) in [6.07, 6.45) is 0. The molecule has 0 aliphatic heterocycles. The number of thiophene rings is 1. The normalized spacial score (nSPS) is 12.2. The highest BCUT2D eigenvalue weighted by atomic mass is 32.1. The number of hydrogen-bond acceptors (Lipinski definition) is 4. The lowest BCUT2D eigenvalue weighted by Crippen LogP contribution is -3.09. The number of aromatic nitrogens is 2. The van der Waals surface area contributed by atoms with Crippen LogP contribution in [-0.2, 0) is 17.9 Å². The minimum absolute atomic E-state index is 0.0240. The van der Waals surface area contributed by atoms with Crippen LogP contribution in [0.15, 0.2) is 46.6 Å². The third kappa shape index (κ3) is 4.06. The minimum Gasteiger partial charge on any atom is -0.346 e. The molecule has 1 atom stereocenters. The molecule has 0 saturated heterocycles. The smallest absolute Gasteiger partial charge is 0.275 e. The van der Waals surface area contributed by atoms with Crippen LogP contribution in [0.2, 0.25) is 0 Å². The van der Waals surface area contributed by atoms with Crippen LogP contribution >= 0.6 is 11.3 Å². The summed E-state index contributed by atoms with van der Waals surface area (Å²) in [6, 6.07) is 11.2. The lowest BCUT2D eigenvalue weighted by atomic mass is 10.2. The van der Waals surface area contributed by atoms with Gasteiger partial charge in [-0.1, -0.05) is 18.2 Å². The van der Waals surface area contributed by atoms with Crippen molar-refractivity contribution in [2.24, 2.45) is 0 Å². The molecule has 0 spiro atoms. The molecule has 0 aliphatic rings. The molecule has 3 rings (SSSR count). The number of carbonyl (C=O) groups is 1. The molecule has 1 aromatic carbocycles. The Kier molecular flexibility index (Phi) is 5.02. The fourth-order valence-corrected chi connectivity index (χ4v) is 3.15. The molecule has 2 aromatic heterocycles. The van der Waals surface area contributed by atoms with E-state index in [1.54, 1.807) is 17.4 Å². The molecule has 0 bridgehead atoms. The number of amides is 1. The summed E-state index contributed by atoms with van der Waals surface area (Å²) in [6.45, 7) is 1.35. The van der Waals surface area contributed by atoms with Crippen LogP contribution in [0.5, 0.6) is 0 Å². The van der Waals surface area contributed by atoms with Gasteiger partial charge in [0.15, 0.2) is 12.4 Å². The molecule has 0 aliphatic carbocycles. The van der Waals surface area contributed by atoms with Crippen LogP contribution in [0.1, 0.15) is 10.7 Å². The van der Waals surface area contributed by atoms with Crippen LogP contribution in [0.4, 0.5) is 0 Å². The number of rotatable bonds is 6.